The summed E-state index contributed by atoms with van der Waals surface area (Å²) in [5.41, 5.74) is 10.1. The Labute approximate surface area is 179 Å². The van der Waals surface area contributed by atoms with Crippen LogP contribution in [0.1, 0.15) is 30.9 Å². The lowest BCUT2D eigenvalue weighted by Crippen LogP contribution is -2.37. The average Bonchev–Trinajstić information content (AvgIpc) is 2.87. The number of amides is 2. The van der Waals surface area contributed by atoms with Gasteiger partial charge >= 0.3 is 0 Å². The number of aryl methyl sites for hydroxylation is 1. The monoisotopic (exact) mass is 407 g/mol. The third-order valence-electron chi connectivity index (χ3n) is 5.78. The molecule has 3 rings (SSSR count). The lowest BCUT2D eigenvalue weighted by atomic mass is 9.95. The average molecular weight is 408 g/mol. The van der Waals surface area contributed by atoms with Crippen LogP contribution in [-0.2, 0) is 16.0 Å². The molecule has 1 fully saturated rings. The zero-order valence-electron chi connectivity index (χ0n) is 18.1. The van der Waals surface area contributed by atoms with Crippen LogP contribution < -0.4 is 5.73 Å². The summed E-state index contributed by atoms with van der Waals surface area (Å²) in [5.74, 6) is -0.169. The first-order valence-electron chi connectivity index (χ1n) is 10.9. The molecule has 0 aromatic heterocycles. The van der Waals surface area contributed by atoms with Crippen molar-refractivity contribution in [1.82, 2.24) is 9.80 Å². The van der Waals surface area contributed by atoms with Crippen LogP contribution in [0.3, 0.4) is 0 Å². The number of benzene rings is 2. The van der Waals surface area contributed by atoms with Crippen LogP contribution in [0.15, 0.2) is 48.5 Å². The van der Waals surface area contributed by atoms with Gasteiger partial charge < -0.3 is 15.5 Å². The lowest BCUT2D eigenvalue weighted by Gasteiger charge is -2.24. The number of nitrogens with two attached hydrogens (primary N) is 1. The summed E-state index contributed by atoms with van der Waals surface area (Å²) in [7, 11) is 0. The maximum absolute atomic E-state index is 13.2. The van der Waals surface area contributed by atoms with Crippen LogP contribution in [-0.4, -0.2) is 54.3 Å². The van der Waals surface area contributed by atoms with E-state index >= 15 is 0 Å². The Balaban J connectivity index is 1.73. The number of rotatable bonds is 8. The van der Waals surface area contributed by atoms with Gasteiger partial charge in [-0.1, -0.05) is 61.0 Å². The van der Waals surface area contributed by atoms with Crippen LogP contribution >= 0.6 is 0 Å². The lowest BCUT2D eigenvalue weighted by molar-refractivity contribution is -0.134. The second-order valence-corrected chi connectivity index (χ2v) is 8.31. The Morgan fingerprint density at radius 3 is 2.50 bits per heavy atom. The molecule has 2 N–H and O–H groups in total. The SMILES string of the molecule is CCCN1CCN(CCC(N)=O)CC(Cc2ccc(-c3cccc(C)c3)cc2)C1=O. The van der Waals surface area contributed by atoms with Gasteiger partial charge in [0, 0.05) is 39.1 Å². The number of carbonyl (C=O) groups excluding carboxylic acids is 2. The van der Waals surface area contributed by atoms with Gasteiger partial charge in [0.2, 0.25) is 11.8 Å². The molecule has 2 aromatic rings. The Morgan fingerprint density at radius 1 is 1.07 bits per heavy atom. The van der Waals surface area contributed by atoms with Crippen molar-refractivity contribution in [3.05, 3.63) is 59.7 Å². The van der Waals surface area contributed by atoms with E-state index in [0.29, 0.717) is 32.5 Å². The minimum Gasteiger partial charge on any atom is -0.370 e. The van der Waals surface area contributed by atoms with Crippen molar-refractivity contribution in [2.75, 3.05) is 32.7 Å². The molecular formula is C25H33N3O2. The van der Waals surface area contributed by atoms with E-state index in [2.05, 4.69) is 67.3 Å². The first-order valence-corrected chi connectivity index (χ1v) is 10.9. The quantitative estimate of drug-likeness (QED) is 0.730. The molecule has 0 bridgehead atoms. The molecule has 160 valence electrons. The van der Waals surface area contributed by atoms with Crippen molar-refractivity contribution in [2.45, 2.75) is 33.1 Å². The first-order chi connectivity index (χ1) is 14.5. The van der Waals surface area contributed by atoms with Crippen LogP contribution in [0.2, 0.25) is 0 Å². The van der Waals surface area contributed by atoms with Gasteiger partial charge in [0.1, 0.15) is 0 Å². The second-order valence-electron chi connectivity index (χ2n) is 8.31. The minimum atomic E-state index is -0.292. The van der Waals surface area contributed by atoms with E-state index in [1.165, 1.54) is 16.7 Å². The van der Waals surface area contributed by atoms with E-state index in [1.54, 1.807) is 0 Å². The van der Waals surface area contributed by atoms with Gasteiger partial charge in [-0.25, -0.2) is 0 Å². The molecule has 0 saturated carbocycles. The molecule has 1 aliphatic heterocycles. The highest BCUT2D eigenvalue weighted by Gasteiger charge is 2.30. The van der Waals surface area contributed by atoms with Crippen LogP contribution in [0.5, 0.6) is 0 Å². The predicted molar refractivity (Wildman–Crippen MR) is 121 cm³/mol. The number of hydrogen-bond donors (Lipinski definition) is 1. The molecule has 1 saturated heterocycles. The predicted octanol–water partition coefficient (Wildman–Crippen LogP) is 3.25. The van der Waals surface area contributed by atoms with Crippen molar-refractivity contribution in [3.63, 3.8) is 0 Å². The number of carbonyl (C=O) groups is 2. The van der Waals surface area contributed by atoms with E-state index in [1.807, 2.05) is 4.90 Å². The third kappa shape index (κ3) is 5.92. The van der Waals surface area contributed by atoms with Crippen molar-refractivity contribution < 1.29 is 9.59 Å². The van der Waals surface area contributed by atoms with Gasteiger partial charge in [0.05, 0.1) is 5.92 Å². The zero-order chi connectivity index (χ0) is 21.5. The van der Waals surface area contributed by atoms with E-state index in [0.717, 1.165) is 25.1 Å². The highest BCUT2D eigenvalue weighted by molar-refractivity contribution is 5.80. The molecule has 2 amide bonds. The second kappa shape index (κ2) is 10.4. The van der Waals surface area contributed by atoms with Crippen LogP contribution in [0, 0.1) is 12.8 Å². The molecule has 5 nitrogen and oxygen atoms in total. The zero-order valence-corrected chi connectivity index (χ0v) is 18.1. The van der Waals surface area contributed by atoms with Crippen molar-refractivity contribution >= 4 is 11.8 Å². The number of hydrogen-bond acceptors (Lipinski definition) is 3. The minimum absolute atomic E-state index is 0.100. The standard InChI is InChI=1S/C25H33N3O2/c1-3-12-28-15-14-27(13-11-24(26)29)18-23(25(28)30)17-20-7-9-21(10-8-20)22-6-4-5-19(2)16-22/h4-10,16,23H,3,11-15,17-18H2,1-2H3,(H2,26,29). The van der Waals surface area contributed by atoms with Crippen molar-refractivity contribution in [1.29, 1.82) is 0 Å². The van der Waals surface area contributed by atoms with E-state index in [4.69, 9.17) is 5.73 Å². The summed E-state index contributed by atoms with van der Waals surface area (Å²) in [6.45, 7) is 7.78. The molecule has 1 heterocycles. The van der Waals surface area contributed by atoms with E-state index < -0.39 is 0 Å². The van der Waals surface area contributed by atoms with Crippen molar-refractivity contribution in [2.24, 2.45) is 11.7 Å². The third-order valence-corrected chi connectivity index (χ3v) is 5.78. The highest BCUT2D eigenvalue weighted by atomic mass is 16.2. The van der Waals surface area contributed by atoms with Gasteiger partial charge in [-0.05, 0) is 36.5 Å². The summed E-state index contributed by atoms with van der Waals surface area (Å²) in [6, 6.07) is 17.0. The molecule has 5 heteroatoms. The molecule has 1 unspecified atom stereocenters. The van der Waals surface area contributed by atoms with Gasteiger partial charge in [-0.2, -0.15) is 0 Å². The molecule has 0 aliphatic carbocycles. The fraction of sp³-hybridized carbons (Fsp3) is 0.440. The Bertz CT molecular complexity index is 863. The molecular weight excluding hydrogens is 374 g/mol. The molecule has 30 heavy (non-hydrogen) atoms. The molecule has 0 spiro atoms. The fourth-order valence-electron chi connectivity index (χ4n) is 4.17. The Hall–Kier alpha value is -2.66. The van der Waals surface area contributed by atoms with Gasteiger partial charge in [0.25, 0.3) is 0 Å². The normalized spacial score (nSPS) is 17.7. The van der Waals surface area contributed by atoms with Gasteiger partial charge in [-0.3, -0.25) is 9.59 Å². The molecule has 1 atom stereocenters. The van der Waals surface area contributed by atoms with E-state index in [9.17, 15) is 9.59 Å². The summed E-state index contributed by atoms with van der Waals surface area (Å²) in [4.78, 5) is 28.6. The molecule has 0 radical (unpaired) electrons. The van der Waals surface area contributed by atoms with E-state index in [-0.39, 0.29) is 17.7 Å². The summed E-state index contributed by atoms with van der Waals surface area (Å²) >= 11 is 0. The van der Waals surface area contributed by atoms with Crippen molar-refractivity contribution in [3.8, 4) is 11.1 Å². The van der Waals surface area contributed by atoms with Gasteiger partial charge in [-0.15, -0.1) is 0 Å². The first kappa shape index (κ1) is 22.0. The smallest absolute Gasteiger partial charge is 0.227 e. The Morgan fingerprint density at radius 2 is 1.83 bits per heavy atom. The summed E-state index contributed by atoms with van der Waals surface area (Å²) < 4.78 is 0. The summed E-state index contributed by atoms with van der Waals surface area (Å²) in [5, 5.41) is 0. The number of primary amides is 1. The topological polar surface area (TPSA) is 66.6 Å². The maximum Gasteiger partial charge on any atom is 0.227 e. The van der Waals surface area contributed by atoms with Crippen LogP contribution in [0.4, 0.5) is 0 Å². The van der Waals surface area contributed by atoms with Crippen LogP contribution in [0.25, 0.3) is 11.1 Å². The Kier molecular flexibility index (Phi) is 7.63. The fourth-order valence-corrected chi connectivity index (χ4v) is 4.17. The van der Waals surface area contributed by atoms with Gasteiger partial charge in [0.15, 0.2) is 0 Å². The highest BCUT2D eigenvalue weighted by Crippen LogP contribution is 2.23. The number of nitrogens with zero attached hydrogens (tertiary/aromatic N) is 2. The molecule has 2 aromatic carbocycles. The summed E-state index contributed by atoms with van der Waals surface area (Å²) in [6.07, 6.45) is 1.99. The maximum atomic E-state index is 13.2. The molecule has 1 aliphatic rings. The largest absolute Gasteiger partial charge is 0.370 e.